The average molecular weight is 258 g/mol. The first-order chi connectivity index (χ1) is 7.89. The molecule has 0 atom stereocenters. The maximum atomic E-state index is 13.8. The van der Waals surface area contributed by atoms with Crippen molar-refractivity contribution in [1.29, 1.82) is 0 Å². The van der Waals surface area contributed by atoms with E-state index >= 15 is 0 Å². The molecule has 92 valence electrons. The highest BCUT2D eigenvalue weighted by molar-refractivity contribution is 6.62. The summed E-state index contributed by atoms with van der Waals surface area (Å²) in [5.41, 5.74) is 5.71. The van der Waals surface area contributed by atoms with E-state index in [0.29, 0.717) is 18.2 Å². The van der Waals surface area contributed by atoms with E-state index in [9.17, 15) is 4.39 Å². The van der Waals surface area contributed by atoms with E-state index in [2.05, 4.69) is 0 Å². The molecule has 0 bridgehead atoms. The van der Waals surface area contributed by atoms with Crippen LogP contribution in [0.5, 0.6) is 0 Å². The Labute approximate surface area is 105 Å². The predicted molar refractivity (Wildman–Crippen MR) is 66.9 cm³/mol. The summed E-state index contributed by atoms with van der Waals surface area (Å²) in [6.07, 6.45) is 0. The number of hydrogen-bond donors (Lipinski definition) is 1. The van der Waals surface area contributed by atoms with Crippen molar-refractivity contribution in [3.8, 4) is 0 Å². The molecule has 0 unspecified atom stereocenters. The van der Waals surface area contributed by atoms with Crippen molar-refractivity contribution in [3.05, 3.63) is 23.0 Å². The molecule has 1 fully saturated rings. The second-order valence-electron chi connectivity index (χ2n) is 5.02. The summed E-state index contributed by atoms with van der Waals surface area (Å²) >= 11 is 5.84. The molecule has 1 aliphatic heterocycles. The molecule has 0 spiro atoms. The topological polar surface area (TPSA) is 44.5 Å². The van der Waals surface area contributed by atoms with Crippen LogP contribution < -0.4 is 11.2 Å². The van der Waals surface area contributed by atoms with Crippen molar-refractivity contribution < 1.29 is 13.7 Å². The molecule has 0 aromatic heterocycles. The first kappa shape index (κ1) is 12.7. The fourth-order valence-electron chi connectivity index (χ4n) is 1.68. The molecule has 3 nitrogen and oxygen atoms in total. The molecular weight excluding hydrogens is 243 g/mol. The summed E-state index contributed by atoms with van der Waals surface area (Å²) in [6.45, 7) is 5.05. The molecule has 1 heterocycles. The van der Waals surface area contributed by atoms with Gasteiger partial charge in [0, 0.05) is 29.1 Å². The van der Waals surface area contributed by atoms with Crippen LogP contribution in [0.15, 0.2) is 12.1 Å². The first-order valence-corrected chi connectivity index (χ1v) is 5.74. The van der Waals surface area contributed by atoms with Crippen LogP contribution in [0.1, 0.15) is 13.8 Å². The first-order valence-electron chi connectivity index (χ1n) is 5.37. The largest absolute Gasteiger partial charge is 0.497 e. The van der Waals surface area contributed by atoms with Crippen molar-refractivity contribution in [2.45, 2.75) is 13.8 Å². The quantitative estimate of drug-likeness (QED) is 0.617. The van der Waals surface area contributed by atoms with Crippen LogP contribution in [-0.4, -0.2) is 20.3 Å². The van der Waals surface area contributed by atoms with Crippen LogP contribution in [0.25, 0.3) is 0 Å². The third-order valence-electron chi connectivity index (χ3n) is 2.60. The van der Waals surface area contributed by atoms with Crippen LogP contribution in [-0.2, 0) is 9.31 Å². The number of anilines is 1. The number of nitrogen functional groups attached to an aromatic ring is 1. The van der Waals surface area contributed by atoms with E-state index < -0.39 is 12.9 Å². The number of hydrogen-bond acceptors (Lipinski definition) is 3. The Bertz CT molecular complexity index is 432. The van der Waals surface area contributed by atoms with E-state index in [1.807, 2.05) is 13.8 Å². The molecule has 1 aromatic carbocycles. The van der Waals surface area contributed by atoms with Crippen LogP contribution >= 0.6 is 11.6 Å². The molecule has 0 radical (unpaired) electrons. The normalized spacial score (nSPS) is 19.4. The minimum absolute atomic E-state index is 0.00420. The van der Waals surface area contributed by atoms with E-state index in [1.54, 1.807) is 0 Å². The minimum atomic E-state index is -0.732. The molecule has 17 heavy (non-hydrogen) atoms. The smallest absolute Gasteiger partial charge is 0.407 e. The zero-order valence-corrected chi connectivity index (χ0v) is 10.6. The molecule has 0 aliphatic carbocycles. The van der Waals surface area contributed by atoms with E-state index in [-0.39, 0.29) is 16.6 Å². The lowest BCUT2D eigenvalue weighted by atomic mass is 9.75. The van der Waals surface area contributed by atoms with Crippen molar-refractivity contribution in [2.24, 2.45) is 5.41 Å². The average Bonchev–Trinajstić information content (AvgIpc) is 2.24. The molecule has 1 aliphatic rings. The van der Waals surface area contributed by atoms with Crippen LogP contribution in [0.2, 0.25) is 5.02 Å². The maximum Gasteiger partial charge on any atom is 0.497 e. The van der Waals surface area contributed by atoms with Crippen molar-refractivity contribution in [2.75, 3.05) is 18.9 Å². The van der Waals surface area contributed by atoms with Gasteiger partial charge in [-0.3, -0.25) is 0 Å². The van der Waals surface area contributed by atoms with Gasteiger partial charge in [0.25, 0.3) is 0 Å². The highest BCUT2D eigenvalue weighted by atomic mass is 35.5. The number of benzene rings is 1. The highest BCUT2D eigenvalue weighted by Gasteiger charge is 2.35. The second kappa shape index (κ2) is 4.48. The van der Waals surface area contributed by atoms with Crippen LogP contribution in [0.4, 0.5) is 10.1 Å². The minimum Gasteiger partial charge on any atom is -0.407 e. The number of halogens is 2. The van der Waals surface area contributed by atoms with E-state index in [1.165, 1.54) is 12.1 Å². The molecule has 2 rings (SSSR count). The molecule has 0 amide bonds. The SMILES string of the molecule is CC1(C)COB(c2cc(Cl)cc(N)c2F)OC1. The van der Waals surface area contributed by atoms with Gasteiger partial charge in [-0.2, -0.15) is 0 Å². The van der Waals surface area contributed by atoms with E-state index in [4.69, 9.17) is 26.6 Å². The summed E-state index contributed by atoms with van der Waals surface area (Å²) in [5, 5.41) is 0.371. The van der Waals surface area contributed by atoms with Gasteiger partial charge < -0.3 is 15.0 Å². The van der Waals surface area contributed by atoms with Gasteiger partial charge in [0.2, 0.25) is 0 Å². The summed E-state index contributed by atoms with van der Waals surface area (Å²) in [6, 6.07) is 2.85. The van der Waals surface area contributed by atoms with Gasteiger partial charge >= 0.3 is 7.12 Å². The fourth-order valence-corrected chi connectivity index (χ4v) is 1.91. The van der Waals surface area contributed by atoms with Gasteiger partial charge in [0.15, 0.2) is 0 Å². The lowest BCUT2D eigenvalue weighted by Gasteiger charge is -2.33. The zero-order valence-electron chi connectivity index (χ0n) is 9.80. The Morgan fingerprint density at radius 3 is 2.53 bits per heavy atom. The Morgan fingerprint density at radius 1 is 1.35 bits per heavy atom. The van der Waals surface area contributed by atoms with Gasteiger partial charge in [-0.05, 0) is 12.1 Å². The highest BCUT2D eigenvalue weighted by Crippen LogP contribution is 2.23. The lowest BCUT2D eigenvalue weighted by molar-refractivity contribution is 0.0340. The van der Waals surface area contributed by atoms with Crippen LogP contribution in [0.3, 0.4) is 0 Å². The third kappa shape index (κ3) is 2.73. The van der Waals surface area contributed by atoms with E-state index in [0.717, 1.165) is 0 Å². The van der Waals surface area contributed by atoms with Gasteiger partial charge in [-0.15, -0.1) is 0 Å². The fraction of sp³-hybridized carbons (Fsp3) is 0.455. The van der Waals surface area contributed by atoms with Crippen molar-refractivity contribution >= 4 is 29.9 Å². The van der Waals surface area contributed by atoms with Gasteiger partial charge in [0.1, 0.15) is 5.82 Å². The number of nitrogens with two attached hydrogens (primary N) is 1. The lowest BCUT2D eigenvalue weighted by Crippen LogP contribution is -2.48. The van der Waals surface area contributed by atoms with Gasteiger partial charge in [-0.1, -0.05) is 25.4 Å². The van der Waals surface area contributed by atoms with Crippen LogP contribution in [0, 0.1) is 11.2 Å². The Balaban J connectivity index is 2.24. The summed E-state index contributed by atoms with van der Waals surface area (Å²) < 4.78 is 24.8. The van der Waals surface area contributed by atoms with Crippen molar-refractivity contribution in [3.63, 3.8) is 0 Å². The molecule has 1 aromatic rings. The molecule has 0 saturated carbocycles. The van der Waals surface area contributed by atoms with Crippen molar-refractivity contribution in [1.82, 2.24) is 0 Å². The third-order valence-corrected chi connectivity index (χ3v) is 2.82. The summed E-state index contributed by atoms with van der Waals surface area (Å²) in [7, 11) is -0.732. The maximum absolute atomic E-state index is 13.8. The summed E-state index contributed by atoms with van der Waals surface area (Å²) in [4.78, 5) is 0. The van der Waals surface area contributed by atoms with Gasteiger partial charge in [0.05, 0.1) is 5.69 Å². The Hall–Kier alpha value is -0.775. The molecular formula is C11H14BClFNO2. The Morgan fingerprint density at radius 2 is 1.94 bits per heavy atom. The number of rotatable bonds is 1. The molecule has 2 N–H and O–H groups in total. The Kier molecular flexibility index (Phi) is 3.34. The predicted octanol–water partition coefficient (Wildman–Crippen LogP) is 1.83. The zero-order chi connectivity index (χ0) is 12.6. The molecule has 6 heteroatoms. The monoisotopic (exact) mass is 257 g/mol. The second-order valence-corrected chi connectivity index (χ2v) is 5.45. The molecule has 1 saturated heterocycles. The van der Waals surface area contributed by atoms with Gasteiger partial charge in [-0.25, -0.2) is 4.39 Å². The standard InChI is InChI=1S/C11H14BClFNO2/c1-11(2)5-16-12(17-6-11)8-3-7(13)4-9(15)10(8)14/h3-4H,5-6,15H2,1-2H3. The summed E-state index contributed by atoms with van der Waals surface area (Å²) in [5.74, 6) is -0.529.